The third-order valence-corrected chi connectivity index (χ3v) is 6.19. The Hall–Kier alpha value is -3.72. The molecule has 1 nitrogen and oxygen atoms in total. The second-order valence-corrected chi connectivity index (χ2v) is 8.59. The average molecular weight is 469 g/mol. The van der Waals surface area contributed by atoms with Gasteiger partial charge in [0.25, 0.3) is 0 Å². The molecule has 0 saturated heterocycles. The summed E-state index contributed by atoms with van der Waals surface area (Å²) in [4.78, 5) is 0. The standard InChI is InChI=1S/C32H30F2O/c1-3-5-6-23-9-15-26(16-10-23)27-17-11-24(12-18-27)7-8-25-13-19-28(20-14-25)29-21-22-30(35-4-2)32(34)31(29)33/h3,9-22H,1,4-8H2,2H3. The molecule has 0 atom stereocenters. The second-order valence-electron chi connectivity index (χ2n) is 8.59. The van der Waals surface area contributed by atoms with Crippen LogP contribution in [0.4, 0.5) is 8.78 Å². The summed E-state index contributed by atoms with van der Waals surface area (Å²) in [5.74, 6) is -1.88. The summed E-state index contributed by atoms with van der Waals surface area (Å²) in [6, 6.07) is 28.1. The highest BCUT2D eigenvalue weighted by atomic mass is 19.2. The SMILES string of the molecule is C=CCCc1ccc(-c2ccc(CCc3ccc(-c4ccc(OCC)c(F)c4F)cc3)cc2)cc1. The van der Waals surface area contributed by atoms with Gasteiger partial charge in [-0.3, -0.25) is 0 Å². The van der Waals surface area contributed by atoms with Gasteiger partial charge >= 0.3 is 0 Å². The third-order valence-electron chi connectivity index (χ3n) is 6.19. The summed E-state index contributed by atoms with van der Waals surface area (Å²) < 4.78 is 33.9. The van der Waals surface area contributed by atoms with E-state index in [1.807, 2.05) is 30.3 Å². The highest BCUT2D eigenvalue weighted by molar-refractivity contribution is 5.66. The lowest BCUT2D eigenvalue weighted by Gasteiger charge is -2.10. The summed E-state index contributed by atoms with van der Waals surface area (Å²) in [6.07, 6.45) is 5.75. The van der Waals surface area contributed by atoms with E-state index in [-0.39, 0.29) is 17.9 Å². The van der Waals surface area contributed by atoms with Crippen LogP contribution in [-0.2, 0) is 19.3 Å². The molecular weight excluding hydrogens is 438 g/mol. The van der Waals surface area contributed by atoms with E-state index in [4.69, 9.17) is 4.74 Å². The predicted octanol–water partition coefficient (Wildman–Crippen LogP) is 8.60. The monoisotopic (exact) mass is 468 g/mol. The Balaban J connectivity index is 1.37. The molecule has 0 aromatic heterocycles. The summed E-state index contributed by atoms with van der Waals surface area (Å²) in [5.41, 5.74) is 7.05. The lowest BCUT2D eigenvalue weighted by Crippen LogP contribution is -1.98. The minimum Gasteiger partial charge on any atom is -0.491 e. The maximum Gasteiger partial charge on any atom is 0.201 e. The Kier molecular flexibility index (Phi) is 8.10. The molecule has 0 fully saturated rings. The molecule has 0 spiro atoms. The van der Waals surface area contributed by atoms with Crippen LogP contribution >= 0.6 is 0 Å². The van der Waals surface area contributed by atoms with Gasteiger partial charge in [-0.1, -0.05) is 78.9 Å². The maximum absolute atomic E-state index is 14.5. The number of ether oxygens (including phenoxy) is 1. The van der Waals surface area contributed by atoms with Crippen LogP contribution in [0.15, 0.2) is 97.6 Å². The van der Waals surface area contributed by atoms with Crippen molar-refractivity contribution >= 4 is 0 Å². The van der Waals surface area contributed by atoms with Gasteiger partial charge in [0.15, 0.2) is 11.6 Å². The molecule has 0 bridgehead atoms. The fraction of sp³-hybridized carbons (Fsp3) is 0.188. The van der Waals surface area contributed by atoms with Crippen molar-refractivity contribution in [1.82, 2.24) is 0 Å². The highest BCUT2D eigenvalue weighted by Crippen LogP contribution is 2.30. The largest absolute Gasteiger partial charge is 0.491 e. The maximum atomic E-state index is 14.5. The number of allylic oxidation sites excluding steroid dienone is 1. The smallest absolute Gasteiger partial charge is 0.201 e. The zero-order valence-corrected chi connectivity index (χ0v) is 20.1. The van der Waals surface area contributed by atoms with Crippen molar-refractivity contribution in [3.05, 3.63) is 126 Å². The summed E-state index contributed by atoms with van der Waals surface area (Å²) in [7, 11) is 0. The minimum absolute atomic E-state index is 0.0584. The number of rotatable bonds is 10. The average Bonchev–Trinajstić information content (AvgIpc) is 2.90. The van der Waals surface area contributed by atoms with Crippen LogP contribution in [0.5, 0.6) is 5.75 Å². The van der Waals surface area contributed by atoms with E-state index >= 15 is 0 Å². The van der Waals surface area contributed by atoms with Crippen molar-refractivity contribution in [1.29, 1.82) is 0 Å². The van der Waals surface area contributed by atoms with Gasteiger partial charge in [0.1, 0.15) is 0 Å². The van der Waals surface area contributed by atoms with Crippen LogP contribution in [0, 0.1) is 11.6 Å². The van der Waals surface area contributed by atoms with E-state index in [1.165, 1.54) is 28.3 Å². The van der Waals surface area contributed by atoms with Crippen LogP contribution in [0.1, 0.15) is 30.0 Å². The third kappa shape index (κ3) is 6.05. The fourth-order valence-electron chi connectivity index (χ4n) is 4.16. The Labute approximate surface area is 206 Å². The Morgan fingerprint density at radius 1 is 0.629 bits per heavy atom. The van der Waals surface area contributed by atoms with Crippen molar-refractivity contribution in [2.45, 2.75) is 32.6 Å². The van der Waals surface area contributed by atoms with Crippen molar-refractivity contribution in [2.24, 2.45) is 0 Å². The van der Waals surface area contributed by atoms with E-state index in [0.29, 0.717) is 5.56 Å². The zero-order chi connectivity index (χ0) is 24.6. The molecule has 0 aliphatic carbocycles. The van der Waals surface area contributed by atoms with Crippen molar-refractivity contribution in [3.63, 3.8) is 0 Å². The zero-order valence-electron chi connectivity index (χ0n) is 20.1. The first-order valence-electron chi connectivity index (χ1n) is 12.1. The van der Waals surface area contributed by atoms with Gasteiger partial charge in [-0.25, -0.2) is 4.39 Å². The van der Waals surface area contributed by atoms with E-state index in [2.05, 4.69) is 55.1 Å². The normalized spacial score (nSPS) is 10.8. The molecule has 4 aromatic rings. The second kappa shape index (κ2) is 11.6. The van der Waals surface area contributed by atoms with Gasteiger partial charge < -0.3 is 4.74 Å². The first-order valence-corrected chi connectivity index (χ1v) is 12.1. The van der Waals surface area contributed by atoms with Gasteiger partial charge in [-0.2, -0.15) is 4.39 Å². The first-order chi connectivity index (χ1) is 17.1. The van der Waals surface area contributed by atoms with E-state index in [1.54, 1.807) is 13.0 Å². The van der Waals surface area contributed by atoms with Gasteiger partial charge in [-0.15, -0.1) is 6.58 Å². The van der Waals surface area contributed by atoms with Crippen molar-refractivity contribution in [2.75, 3.05) is 6.61 Å². The van der Waals surface area contributed by atoms with E-state index in [0.717, 1.165) is 31.2 Å². The topological polar surface area (TPSA) is 9.23 Å². The number of aryl methyl sites for hydroxylation is 3. The Bertz CT molecular complexity index is 1260. The molecule has 0 aliphatic heterocycles. The summed E-state index contributed by atoms with van der Waals surface area (Å²) in [6.45, 7) is 5.81. The van der Waals surface area contributed by atoms with E-state index < -0.39 is 11.6 Å². The van der Waals surface area contributed by atoms with Crippen LogP contribution in [-0.4, -0.2) is 6.61 Å². The lowest BCUT2D eigenvalue weighted by atomic mass is 9.98. The minimum atomic E-state index is -0.944. The Morgan fingerprint density at radius 2 is 1.11 bits per heavy atom. The number of halogens is 2. The molecule has 0 radical (unpaired) electrons. The molecule has 178 valence electrons. The molecular formula is C32H30F2O. The molecule has 0 amide bonds. The molecule has 4 aromatic carbocycles. The quantitative estimate of drug-likeness (QED) is 0.212. The summed E-state index contributed by atoms with van der Waals surface area (Å²) in [5, 5.41) is 0. The van der Waals surface area contributed by atoms with Gasteiger partial charge in [-0.05, 0) is 78.1 Å². The van der Waals surface area contributed by atoms with Gasteiger partial charge in [0.2, 0.25) is 5.82 Å². The van der Waals surface area contributed by atoms with Crippen LogP contribution in [0.2, 0.25) is 0 Å². The van der Waals surface area contributed by atoms with Crippen molar-refractivity contribution < 1.29 is 13.5 Å². The highest BCUT2D eigenvalue weighted by Gasteiger charge is 2.15. The molecule has 0 N–H and O–H groups in total. The molecule has 0 saturated carbocycles. The lowest BCUT2D eigenvalue weighted by molar-refractivity contribution is 0.314. The molecule has 0 unspecified atom stereocenters. The van der Waals surface area contributed by atoms with Crippen LogP contribution < -0.4 is 4.74 Å². The molecule has 0 aliphatic rings. The van der Waals surface area contributed by atoms with Crippen molar-refractivity contribution in [3.8, 4) is 28.0 Å². The number of hydrogen-bond acceptors (Lipinski definition) is 1. The molecule has 4 rings (SSSR count). The predicted molar refractivity (Wildman–Crippen MR) is 141 cm³/mol. The first kappa shape index (κ1) is 24.4. The number of benzene rings is 4. The van der Waals surface area contributed by atoms with Crippen LogP contribution in [0.3, 0.4) is 0 Å². The molecule has 3 heteroatoms. The van der Waals surface area contributed by atoms with Crippen LogP contribution in [0.25, 0.3) is 22.3 Å². The number of hydrogen-bond donors (Lipinski definition) is 0. The molecule has 35 heavy (non-hydrogen) atoms. The fourth-order valence-corrected chi connectivity index (χ4v) is 4.16. The van der Waals surface area contributed by atoms with E-state index in [9.17, 15) is 8.78 Å². The van der Waals surface area contributed by atoms with Gasteiger partial charge in [0.05, 0.1) is 6.61 Å². The molecule has 0 heterocycles. The summed E-state index contributed by atoms with van der Waals surface area (Å²) >= 11 is 0. The van der Waals surface area contributed by atoms with Gasteiger partial charge in [0, 0.05) is 5.56 Å². The Morgan fingerprint density at radius 3 is 1.60 bits per heavy atom.